The summed E-state index contributed by atoms with van der Waals surface area (Å²) < 4.78 is 6.56. The SMILES string of the molecule is C[C@]12CCCCC1CC[C@@H]1[C@H]2CC[C@]2(C)C(Oc3cccc(Cl)c3)CC[C@@H]12. The highest BCUT2D eigenvalue weighted by Gasteiger charge is 2.60. The maximum absolute atomic E-state index is 6.56. The van der Waals surface area contributed by atoms with Crippen molar-refractivity contribution in [1.82, 2.24) is 0 Å². The smallest absolute Gasteiger partial charge is 0.121 e. The molecule has 7 atom stereocenters. The fourth-order valence-electron chi connectivity index (χ4n) is 8.15. The van der Waals surface area contributed by atoms with Crippen molar-refractivity contribution in [2.75, 3.05) is 0 Å². The summed E-state index contributed by atoms with van der Waals surface area (Å²) in [5.41, 5.74) is 0.982. The third-order valence-corrected chi connectivity index (χ3v) is 9.81. The van der Waals surface area contributed by atoms with Crippen LogP contribution in [0.4, 0.5) is 0 Å². The van der Waals surface area contributed by atoms with Gasteiger partial charge in [-0.25, -0.2) is 0 Å². The zero-order valence-electron chi connectivity index (χ0n) is 17.1. The zero-order chi connectivity index (χ0) is 18.6. The molecule has 1 aromatic carbocycles. The largest absolute Gasteiger partial charge is 0.490 e. The number of fused-ring (bicyclic) bond motifs is 5. The van der Waals surface area contributed by atoms with Crippen molar-refractivity contribution in [3.63, 3.8) is 0 Å². The normalized spacial score (nSPS) is 46.3. The maximum atomic E-state index is 6.56. The molecule has 0 radical (unpaired) electrons. The quantitative estimate of drug-likeness (QED) is 0.510. The Bertz CT molecular complexity index is 701. The van der Waals surface area contributed by atoms with Crippen LogP contribution < -0.4 is 4.74 Å². The summed E-state index contributed by atoms with van der Waals surface area (Å²) in [5, 5.41) is 0.777. The van der Waals surface area contributed by atoms with Crippen molar-refractivity contribution in [3.8, 4) is 5.75 Å². The van der Waals surface area contributed by atoms with Gasteiger partial charge in [-0.1, -0.05) is 44.4 Å². The lowest BCUT2D eigenvalue weighted by molar-refractivity contribution is -0.117. The van der Waals surface area contributed by atoms with Crippen molar-refractivity contribution >= 4 is 11.6 Å². The van der Waals surface area contributed by atoms with E-state index in [4.69, 9.17) is 16.3 Å². The summed E-state index contributed by atoms with van der Waals surface area (Å²) in [5.74, 6) is 4.74. The lowest BCUT2D eigenvalue weighted by Crippen LogP contribution is -2.53. The van der Waals surface area contributed by atoms with Gasteiger partial charge in [-0.3, -0.25) is 0 Å². The fourth-order valence-corrected chi connectivity index (χ4v) is 8.33. The minimum absolute atomic E-state index is 0.349. The van der Waals surface area contributed by atoms with E-state index in [0.29, 0.717) is 16.9 Å². The molecule has 0 bridgehead atoms. The summed E-state index contributed by atoms with van der Waals surface area (Å²) in [7, 11) is 0. The number of ether oxygens (including phenoxy) is 1. The van der Waals surface area contributed by atoms with Gasteiger partial charge in [-0.15, -0.1) is 0 Å². The van der Waals surface area contributed by atoms with Gasteiger partial charge in [0.2, 0.25) is 0 Å². The number of halogens is 1. The molecule has 0 saturated heterocycles. The molecule has 27 heavy (non-hydrogen) atoms. The van der Waals surface area contributed by atoms with Gasteiger partial charge in [0.25, 0.3) is 0 Å². The molecule has 4 saturated carbocycles. The van der Waals surface area contributed by atoms with Crippen molar-refractivity contribution < 1.29 is 4.74 Å². The Labute approximate surface area is 170 Å². The predicted molar refractivity (Wildman–Crippen MR) is 112 cm³/mol. The second kappa shape index (κ2) is 6.68. The van der Waals surface area contributed by atoms with E-state index in [9.17, 15) is 0 Å². The minimum atomic E-state index is 0.349. The van der Waals surface area contributed by atoms with E-state index in [0.717, 1.165) is 34.4 Å². The monoisotopic (exact) mass is 386 g/mol. The molecule has 148 valence electrons. The second-order valence-corrected chi connectivity index (χ2v) is 11.0. The van der Waals surface area contributed by atoms with E-state index in [1.165, 1.54) is 64.2 Å². The first kappa shape index (κ1) is 18.3. The highest BCUT2D eigenvalue weighted by molar-refractivity contribution is 6.30. The predicted octanol–water partition coefficient (Wildman–Crippen LogP) is 7.52. The van der Waals surface area contributed by atoms with E-state index in [-0.39, 0.29) is 0 Å². The Morgan fingerprint density at radius 3 is 2.59 bits per heavy atom. The Morgan fingerprint density at radius 2 is 1.74 bits per heavy atom. The van der Waals surface area contributed by atoms with E-state index in [1.54, 1.807) is 0 Å². The van der Waals surface area contributed by atoms with Crippen LogP contribution in [0.1, 0.15) is 78.1 Å². The van der Waals surface area contributed by atoms with Crippen LogP contribution in [0.25, 0.3) is 0 Å². The number of hydrogen-bond acceptors (Lipinski definition) is 1. The first-order chi connectivity index (χ1) is 13.0. The molecule has 0 aromatic heterocycles. The molecule has 2 unspecified atom stereocenters. The molecule has 0 N–H and O–H groups in total. The first-order valence-electron chi connectivity index (χ1n) is 11.4. The van der Waals surface area contributed by atoms with Crippen LogP contribution in [-0.2, 0) is 0 Å². The molecule has 0 amide bonds. The van der Waals surface area contributed by atoms with Gasteiger partial charge in [0, 0.05) is 10.4 Å². The van der Waals surface area contributed by atoms with Crippen molar-refractivity contribution in [2.24, 2.45) is 34.5 Å². The molecule has 1 nitrogen and oxygen atoms in total. The molecule has 0 heterocycles. The second-order valence-electron chi connectivity index (χ2n) is 10.6. The summed E-state index contributed by atoms with van der Waals surface area (Å²) in [6.45, 7) is 5.22. The van der Waals surface area contributed by atoms with Crippen LogP contribution in [0.2, 0.25) is 5.02 Å². The van der Waals surface area contributed by atoms with Crippen molar-refractivity contribution in [2.45, 2.75) is 84.2 Å². The number of rotatable bonds is 2. The number of benzene rings is 1. The standard InChI is InChI=1S/C25H35ClO/c1-24-14-4-3-6-17(24)9-10-20-21-11-12-23(25(21,2)15-13-22(20)24)27-19-8-5-7-18(26)16-19/h5,7-8,16-17,20-23H,3-4,6,9-15H2,1-2H3/t17?,20-,21-,22+,23?,24-,25-/m0/s1. The van der Waals surface area contributed by atoms with Crippen LogP contribution in [-0.4, -0.2) is 6.10 Å². The number of hydrogen-bond donors (Lipinski definition) is 0. The lowest BCUT2D eigenvalue weighted by atomic mass is 9.45. The van der Waals surface area contributed by atoms with Gasteiger partial charge in [0.1, 0.15) is 11.9 Å². The van der Waals surface area contributed by atoms with Gasteiger partial charge < -0.3 is 4.74 Å². The lowest BCUT2D eigenvalue weighted by Gasteiger charge is -2.60. The third kappa shape index (κ3) is 2.86. The third-order valence-electron chi connectivity index (χ3n) is 9.57. The minimum Gasteiger partial charge on any atom is -0.490 e. The highest BCUT2D eigenvalue weighted by Crippen LogP contribution is 2.66. The molecule has 4 aliphatic carbocycles. The van der Waals surface area contributed by atoms with Gasteiger partial charge in [-0.2, -0.15) is 0 Å². The van der Waals surface area contributed by atoms with Crippen molar-refractivity contribution in [1.29, 1.82) is 0 Å². The van der Waals surface area contributed by atoms with Crippen LogP contribution in [0.5, 0.6) is 5.75 Å². The fraction of sp³-hybridized carbons (Fsp3) is 0.760. The summed E-state index contributed by atoms with van der Waals surface area (Å²) in [6.07, 6.45) is 14.6. The highest BCUT2D eigenvalue weighted by atomic mass is 35.5. The van der Waals surface area contributed by atoms with Crippen molar-refractivity contribution in [3.05, 3.63) is 29.3 Å². The average molecular weight is 387 g/mol. The molecule has 1 aromatic rings. The zero-order valence-corrected chi connectivity index (χ0v) is 17.8. The van der Waals surface area contributed by atoms with Gasteiger partial charge in [-0.05, 0) is 98.7 Å². The summed E-state index contributed by atoms with van der Waals surface area (Å²) in [6, 6.07) is 8.00. The summed E-state index contributed by atoms with van der Waals surface area (Å²) >= 11 is 6.19. The average Bonchev–Trinajstić information content (AvgIpc) is 2.98. The van der Waals surface area contributed by atoms with E-state index < -0.39 is 0 Å². The van der Waals surface area contributed by atoms with E-state index in [1.807, 2.05) is 18.2 Å². The van der Waals surface area contributed by atoms with Crippen LogP contribution in [0.3, 0.4) is 0 Å². The Kier molecular flexibility index (Phi) is 4.54. The van der Waals surface area contributed by atoms with Crippen LogP contribution in [0.15, 0.2) is 24.3 Å². The molecule has 0 aliphatic heterocycles. The molecule has 5 rings (SSSR count). The maximum Gasteiger partial charge on any atom is 0.121 e. The van der Waals surface area contributed by atoms with E-state index >= 15 is 0 Å². The molecular weight excluding hydrogens is 352 g/mol. The van der Waals surface area contributed by atoms with Gasteiger partial charge in [0.05, 0.1) is 0 Å². The Morgan fingerprint density at radius 1 is 0.889 bits per heavy atom. The van der Waals surface area contributed by atoms with Crippen LogP contribution >= 0.6 is 11.6 Å². The molecule has 2 heteroatoms. The Balaban J connectivity index is 1.38. The van der Waals surface area contributed by atoms with Gasteiger partial charge in [0.15, 0.2) is 0 Å². The molecular formula is C25H35ClO. The summed E-state index contributed by atoms with van der Waals surface area (Å²) in [4.78, 5) is 0. The topological polar surface area (TPSA) is 9.23 Å². The first-order valence-corrected chi connectivity index (χ1v) is 11.8. The van der Waals surface area contributed by atoms with Gasteiger partial charge >= 0.3 is 0 Å². The molecule has 0 spiro atoms. The molecule has 4 aliphatic rings. The molecule has 4 fully saturated rings. The Hall–Kier alpha value is -0.690. The van der Waals surface area contributed by atoms with E-state index in [2.05, 4.69) is 19.9 Å². The van der Waals surface area contributed by atoms with Crippen LogP contribution in [0, 0.1) is 34.5 Å².